The van der Waals surface area contributed by atoms with Gasteiger partial charge in [0.1, 0.15) is 4.60 Å². The monoisotopic (exact) mass is 279 g/mol. The molecule has 1 rings (SSSR count). The van der Waals surface area contributed by atoms with Crippen LogP contribution in [0.25, 0.3) is 0 Å². The van der Waals surface area contributed by atoms with Gasteiger partial charge in [-0.05, 0) is 22.0 Å². The molecule has 2 nitrogen and oxygen atoms in total. The van der Waals surface area contributed by atoms with Crippen LogP contribution >= 0.6 is 15.9 Å². The minimum absolute atomic E-state index is 0. The molecule has 0 spiro atoms. The maximum absolute atomic E-state index is 11.7. The molecule has 0 saturated heterocycles. The summed E-state index contributed by atoms with van der Waals surface area (Å²) in [5.41, 5.74) is 0. The van der Waals surface area contributed by atoms with Gasteiger partial charge in [-0.2, -0.15) is 13.2 Å². The predicted molar refractivity (Wildman–Crippen MR) is 44.6 cm³/mol. The van der Waals surface area contributed by atoms with Crippen molar-refractivity contribution < 1.29 is 48.9 Å². The molecular weight excluding hydrogens is 274 g/mol. The molecule has 14 heavy (non-hydrogen) atoms. The molecule has 0 unspecified atom stereocenters. The molecule has 74 valence electrons. The molecule has 0 aromatic carbocycles. The van der Waals surface area contributed by atoms with E-state index >= 15 is 0 Å². The van der Waals surface area contributed by atoms with Crippen LogP contribution in [0.3, 0.4) is 0 Å². The Kier molecular flexibility index (Phi) is 6.04. The molecular formula is C7H6BrF3NNaO. The van der Waals surface area contributed by atoms with Gasteiger partial charge in [0.2, 0.25) is 5.88 Å². The topological polar surface area (TPSA) is 22.1 Å². The van der Waals surface area contributed by atoms with Gasteiger partial charge in [0, 0.05) is 6.07 Å². The van der Waals surface area contributed by atoms with Gasteiger partial charge >= 0.3 is 35.7 Å². The van der Waals surface area contributed by atoms with E-state index < -0.39 is 12.8 Å². The van der Waals surface area contributed by atoms with Crippen LogP contribution in [0.5, 0.6) is 5.88 Å². The Morgan fingerprint density at radius 2 is 2.07 bits per heavy atom. The Balaban J connectivity index is 0. The van der Waals surface area contributed by atoms with Crippen molar-refractivity contribution in [1.29, 1.82) is 0 Å². The van der Waals surface area contributed by atoms with Crippen LogP contribution < -0.4 is 34.3 Å². The van der Waals surface area contributed by atoms with E-state index in [2.05, 4.69) is 25.7 Å². The summed E-state index contributed by atoms with van der Waals surface area (Å²) in [6.45, 7) is -1.32. The third-order valence-electron chi connectivity index (χ3n) is 1.07. The van der Waals surface area contributed by atoms with E-state index in [9.17, 15) is 13.2 Å². The van der Waals surface area contributed by atoms with E-state index in [1.165, 1.54) is 6.07 Å². The first-order valence-electron chi connectivity index (χ1n) is 3.29. The SMILES string of the molecule is FC(F)(F)COc1cccc(Br)n1.[H-].[Na+]. The Morgan fingerprint density at radius 1 is 1.43 bits per heavy atom. The van der Waals surface area contributed by atoms with Gasteiger partial charge in [-0.1, -0.05) is 6.07 Å². The van der Waals surface area contributed by atoms with Gasteiger partial charge in [-0.25, -0.2) is 4.98 Å². The molecule has 0 radical (unpaired) electrons. The van der Waals surface area contributed by atoms with Crippen molar-refractivity contribution in [3.63, 3.8) is 0 Å². The number of hydrogen-bond acceptors (Lipinski definition) is 2. The summed E-state index contributed by atoms with van der Waals surface area (Å²) in [6, 6.07) is 4.50. The van der Waals surface area contributed by atoms with Crippen molar-refractivity contribution >= 4 is 15.9 Å². The molecule has 0 bridgehead atoms. The number of aromatic nitrogens is 1. The zero-order chi connectivity index (χ0) is 9.90. The Hall–Kier alpha value is 0.220. The number of rotatable bonds is 2. The van der Waals surface area contributed by atoms with Crippen LogP contribution in [0.2, 0.25) is 0 Å². The van der Waals surface area contributed by atoms with Crippen LogP contribution in [0.15, 0.2) is 22.8 Å². The summed E-state index contributed by atoms with van der Waals surface area (Å²) >= 11 is 3.01. The van der Waals surface area contributed by atoms with Crippen LogP contribution in [0.4, 0.5) is 13.2 Å². The maximum atomic E-state index is 11.7. The minimum Gasteiger partial charge on any atom is -1.00 e. The number of hydrogen-bond donors (Lipinski definition) is 0. The van der Waals surface area contributed by atoms with E-state index in [-0.39, 0.29) is 36.9 Å². The first-order chi connectivity index (χ1) is 5.97. The Morgan fingerprint density at radius 3 is 2.57 bits per heavy atom. The van der Waals surface area contributed by atoms with E-state index in [0.29, 0.717) is 4.60 Å². The van der Waals surface area contributed by atoms with Gasteiger partial charge in [-0.3, -0.25) is 0 Å². The molecule has 0 atom stereocenters. The van der Waals surface area contributed by atoms with Gasteiger partial charge in [0.05, 0.1) is 0 Å². The second-order valence-electron chi connectivity index (χ2n) is 2.20. The van der Waals surface area contributed by atoms with Gasteiger partial charge in [0.25, 0.3) is 0 Å². The second-order valence-corrected chi connectivity index (χ2v) is 3.01. The summed E-state index contributed by atoms with van der Waals surface area (Å²) in [5, 5.41) is 0. The number of pyridine rings is 1. The Labute approximate surface area is 111 Å². The van der Waals surface area contributed by atoms with E-state index in [1.807, 2.05) is 0 Å². The third kappa shape index (κ3) is 5.85. The molecule has 0 aliphatic carbocycles. The van der Waals surface area contributed by atoms with Gasteiger partial charge in [0.15, 0.2) is 6.61 Å². The van der Waals surface area contributed by atoms with E-state index in [4.69, 9.17) is 0 Å². The summed E-state index contributed by atoms with van der Waals surface area (Å²) in [4.78, 5) is 3.67. The van der Waals surface area contributed by atoms with Crippen molar-refractivity contribution in [2.45, 2.75) is 6.18 Å². The fourth-order valence-electron chi connectivity index (χ4n) is 0.626. The third-order valence-corrected chi connectivity index (χ3v) is 1.51. The van der Waals surface area contributed by atoms with Crippen LogP contribution in [-0.2, 0) is 0 Å². The summed E-state index contributed by atoms with van der Waals surface area (Å²) < 4.78 is 39.9. The summed E-state index contributed by atoms with van der Waals surface area (Å²) in [7, 11) is 0. The normalized spacial score (nSPS) is 10.6. The standard InChI is InChI=1S/C7H5BrF3NO.Na.H/c8-5-2-1-3-6(12-5)13-4-7(9,10)11;;/h1-3H,4H2;;/q;+1;-1. The average molecular weight is 280 g/mol. The molecule has 0 fully saturated rings. The molecule has 0 amide bonds. The second kappa shape index (κ2) is 5.95. The number of ether oxygens (including phenoxy) is 1. The molecule has 0 aliphatic heterocycles. The van der Waals surface area contributed by atoms with Crippen molar-refractivity contribution in [1.82, 2.24) is 4.98 Å². The van der Waals surface area contributed by atoms with Crippen LogP contribution in [0, 0.1) is 0 Å². The average Bonchev–Trinajstić information content (AvgIpc) is 2.00. The molecule has 1 aromatic heterocycles. The van der Waals surface area contributed by atoms with Crippen molar-refractivity contribution in [3.8, 4) is 5.88 Å². The minimum atomic E-state index is -4.33. The van der Waals surface area contributed by atoms with Crippen molar-refractivity contribution in [2.24, 2.45) is 0 Å². The molecule has 1 aromatic rings. The molecule has 1 heterocycles. The quantitative estimate of drug-likeness (QED) is 0.557. The van der Waals surface area contributed by atoms with Gasteiger partial charge in [-0.15, -0.1) is 0 Å². The van der Waals surface area contributed by atoms with E-state index in [0.717, 1.165) is 0 Å². The zero-order valence-corrected chi connectivity index (χ0v) is 10.9. The van der Waals surface area contributed by atoms with Crippen LogP contribution in [0.1, 0.15) is 1.43 Å². The first-order valence-corrected chi connectivity index (χ1v) is 4.09. The van der Waals surface area contributed by atoms with Crippen molar-refractivity contribution in [3.05, 3.63) is 22.8 Å². The number of alkyl halides is 3. The summed E-state index contributed by atoms with van der Waals surface area (Å²) in [6.07, 6.45) is -4.33. The zero-order valence-electron chi connectivity index (χ0n) is 8.31. The number of halogens is 4. The van der Waals surface area contributed by atoms with Crippen LogP contribution in [-0.4, -0.2) is 17.8 Å². The molecule has 7 heteroatoms. The fourth-order valence-corrected chi connectivity index (χ4v) is 0.953. The number of nitrogens with zero attached hydrogens (tertiary/aromatic N) is 1. The van der Waals surface area contributed by atoms with E-state index in [1.54, 1.807) is 12.1 Å². The van der Waals surface area contributed by atoms with Crippen molar-refractivity contribution in [2.75, 3.05) is 6.61 Å². The predicted octanol–water partition coefficient (Wildman–Crippen LogP) is -0.0983. The molecule has 0 N–H and O–H groups in total. The molecule has 0 saturated carbocycles. The maximum Gasteiger partial charge on any atom is 1.00 e. The largest absolute Gasteiger partial charge is 1.00 e. The fraction of sp³-hybridized carbons (Fsp3) is 0.286. The molecule has 0 aliphatic rings. The smallest absolute Gasteiger partial charge is 1.00 e. The van der Waals surface area contributed by atoms with Gasteiger partial charge < -0.3 is 6.16 Å². The summed E-state index contributed by atoms with van der Waals surface area (Å²) in [5.74, 6) is -0.0494. The Bertz CT molecular complexity index is 300. The first kappa shape index (κ1) is 14.2.